The molecule has 1 fully saturated rings. The Bertz CT molecular complexity index is 801. The number of nitrogens with zero attached hydrogens (tertiary/aromatic N) is 2. The Kier molecular flexibility index (Phi) is 5.38. The standard InChI is InChI=1S/C19H22N2O4S/c1-13-20-15(14-7-4-3-5-8-14)16(26-13)17(22)21-10-6-9-19(11-21,12-25-2)18(23)24/h3-5,7-8H,6,9-12H2,1-2H3,(H,23,24). The van der Waals surface area contributed by atoms with Crippen LogP contribution in [0.5, 0.6) is 0 Å². The van der Waals surface area contributed by atoms with E-state index in [9.17, 15) is 14.7 Å². The second-order valence-electron chi connectivity index (χ2n) is 6.63. The Morgan fingerprint density at radius 2 is 2.08 bits per heavy atom. The number of ether oxygens (including phenoxy) is 1. The summed E-state index contributed by atoms with van der Waals surface area (Å²) in [7, 11) is 1.49. The van der Waals surface area contributed by atoms with Crippen molar-refractivity contribution in [1.82, 2.24) is 9.88 Å². The number of aryl methyl sites for hydroxylation is 1. The maximum absolute atomic E-state index is 13.2. The monoisotopic (exact) mass is 374 g/mol. The van der Waals surface area contributed by atoms with Crippen LogP contribution < -0.4 is 0 Å². The van der Waals surface area contributed by atoms with E-state index in [1.807, 2.05) is 37.3 Å². The number of aliphatic carboxylic acids is 1. The molecule has 1 aliphatic rings. The molecule has 1 aromatic carbocycles. The molecule has 1 aliphatic heterocycles. The summed E-state index contributed by atoms with van der Waals surface area (Å²) in [5.74, 6) is -1.07. The molecule has 6 nitrogen and oxygen atoms in total. The van der Waals surface area contributed by atoms with Crippen molar-refractivity contribution < 1.29 is 19.4 Å². The molecule has 1 saturated heterocycles. The van der Waals surface area contributed by atoms with Gasteiger partial charge in [-0.1, -0.05) is 30.3 Å². The molecular weight excluding hydrogens is 352 g/mol. The molecule has 1 aromatic heterocycles. The van der Waals surface area contributed by atoms with Crippen molar-refractivity contribution in [3.63, 3.8) is 0 Å². The van der Waals surface area contributed by atoms with E-state index in [1.54, 1.807) is 4.90 Å². The van der Waals surface area contributed by atoms with Gasteiger partial charge in [-0.15, -0.1) is 11.3 Å². The van der Waals surface area contributed by atoms with Crippen LogP contribution in [0.2, 0.25) is 0 Å². The van der Waals surface area contributed by atoms with Gasteiger partial charge in [-0.25, -0.2) is 4.98 Å². The first kappa shape index (κ1) is 18.5. The lowest BCUT2D eigenvalue weighted by atomic mass is 9.80. The largest absolute Gasteiger partial charge is 0.481 e. The molecule has 1 N–H and O–H groups in total. The van der Waals surface area contributed by atoms with Crippen LogP contribution in [0.1, 0.15) is 27.5 Å². The molecule has 0 aliphatic carbocycles. The maximum atomic E-state index is 13.2. The number of carboxylic acids is 1. The quantitative estimate of drug-likeness (QED) is 0.870. The molecule has 138 valence electrons. The van der Waals surface area contributed by atoms with E-state index in [-0.39, 0.29) is 19.1 Å². The van der Waals surface area contributed by atoms with E-state index in [1.165, 1.54) is 18.4 Å². The van der Waals surface area contributed by atoms with Gasteiger partial charge >= 0.3 is 5.97 Å². The molecule has 0 saturated carbocycles. The van der Waals surface area contributed by atoms with Gasteiger partial charge in [0.2, 0.25) is 0 Å². The molecule has 1 amide bonds. The van der Waals surface area contributed by atoms with E-state index >= 15 is 0 Å². The average Bonchev–Trinajstić information content (AvgIpc) is 3.04. The molecule has 3 rings (SSSR count). The molecule has 2 aromatic rings. The van der Waals surface area contributed by atoms with Crippen LogP contribution in [0.15, 0.2) is 30.3 Å². The molecule has 2 heterocycles. The van der Waals surface area contributed by atoms with Crippen molar-refractivity contribution in [2.75, 3.05) is 26.8 Å². The first-order chi connectivity index (χ1) is 12.5. The van der Waals surface area contributed by atoms with Crippen LogP contribution in [-0.2, 0) is 9.53 Å². The number of carbonyl (C=O) groups excluding carboxylic acids is 1. The van der Waals surface area contributed by atoms with E-state index in [2.05, 4.69) is 4.98 Å². The smallest absolute Gasteiger partial charge is 0.313 e. The molecule has 26 heavy (non-hydrogen) atoms. The summed E-state index contributed by atoms with van der Waals surface area (Å²) in [5.41, 5.74) is 0.505. The number of hydrogen-bond acceptors (Lipinski definition) is 5. The van der Waals surface area contributed by atoms with Crippen molar-refractivity contribution in [3.05, 3.63) is 40.2 Å². The Morgan fingerprint density at radius 3 is 2.73 bits per heavy atom. The predicted molar refractivity (Wildman–Crippen MR) is 99.4 cm³/mol. The number of carboxylic acid groups (broad SMARTS) is 1. The van der Waals surface area contributed by atoms with Gasteiger partial charge in [-0.3, -0.25) is 9.59 Å². The van der Waals surface area contributed by atoms with Crippen LogP contribution in [0.25, 0.3) is 11.3 Å². The Morgan fingerprint density at radius 1 is 1.35 bits per heavy atom. The van der Waals surface area contributed by atoms with Gasteiger partial charge in [0.05, 0.1) is 17.3 Å². The topological polar surface area (TPSA) is 79.7 Å². The van der Waals surface area contributed by atoms with Crippen molar-refractivity contribution in [2.45, 2.75) is 19.8 Å². The van der Waals surface area contributed by atoms with Crippen LogP contribution in [0, 0.1) is 12.3 Å². The highest BCUT2D eigenvalue weighted by atomic mass is 32.1. The summed E-state index contributed by atoms with van der Waals surface area (Å²) < 4.78 is 5.15. The van der Waals surface area contributed by atoms with Gasteiger partial charge in [0.15, 0.2) is 0 Å². The van der Waals surface area contributed by atoms with Crippen LogP contribution in [0.3, 0.4) is 0 Å². The number of aromatic nitrogens is 1. The SMILES string of the molecule is COCC1(C(=O)O)CCCN(C(=O)c2sc(C)nc2-c2ccccc2)C1. The third-order valence-corrected chi connectivity index (χ3v) is 5.67. The minimum absolute atomic E-state index is 0.0966. The van der Waals surface area contributed by atoms with Crippen molar-refractivity contribution in [1.29, 1.82) is 0 Å². The predicted octanol–water partition coefficient (Wildman–Crippen LogP) is 3.07. The van der Waals surface area contributed by atoms with Gasteiger partial charge in [0.25, 0.3) is 5.91 Å². The molecule has 0 bridgehead atoms. The average molecular weight is 374 g/mol. The van der Waals surface area contributed by atoms with Crippen molar-refractivity contribution >= 4 is 23.2 Å². The second-order valence-corrected chi connectivity index (χ2v) is 7.83. The Hall–Kier alpha value is -2.25. The summed E-state index contributed by atoms with van der Waals surface area (Å²) in [6.45, 7) is 2.67. The zero-order valence-corrected chi connectivity index (χ0v) is 15.7. The molecular formula is C19H22N2O4S. The normalized spacial score (nSPS) is 20.2. The molecule has 7 heteroatoms. The summed E-state index contributed by atoms with van der Waals surface area (Å²) in [4.78, 5) is 31.8. The lowest BCUT2D eigenvalue weighted by molar-refractivity contribution is -0.155. The van der Waals surface area contributed by atoms with Crippen molar-refractivity contribution in [2.24, 2.45) is 5.41 Å². The number of rotatable bonds is 5. The van der Waals surface area contributed by atoms with Gasteiger partial charge < -0.3 is 14.7 Å². The number of hydrogen-bond donors (Lipinski definition) is 1. The molecule has 0 radical (unpaired) electrons. The van der Waals surface area contributed by atoms with E-state index in [0.717, 1.165) is 10.6 Å². The highest BCUT2D eigenvalue weighted by molar-refractivity contribution is 7.14. The molecule has 1 unspecified atom stereocenters. The summed E-state index contributed by atoms with van der Waals surface area (Å²) in [6.07, 6.45) is 1.15. The van der Waals surface area contributed by atoms with E-state index in [4.69, 9.17) is 4.74 Å². The second kappa shape index (κ2) is 7.55. The minimum Gasteiger partial charge on any atom is -0.481 e. The number of thiazole rings is 1. The van der Waals surface area contributed by atoms with Crippen LogP contribution in [0.4, 0.5) is 0 Å². The van der Waals surface area contributed by atoms with Gasteiger partial charge in [0.1, 0.15) is 10.3 Å². The zero-order chi connectivity index (χ0) is 18.7. The number of methoxy groups -OCH3 is 1. The molecule has 1 atom stereocenters. The fourth-order valence-corrected chi connectivity index (χ4v) is 4.35. The van der Waals surface area contributed by atoms with E-state index in [0.29, 0.717) is 30.0 Å². The third kappa shape index (κ3) is 3.50. The van der Waals surface area contributed by atoms with Crippen LogP contribution >= 0.6 is 11.3 Å². The third-order valence-electron chi connectivity index (χ3n) is 4.71. The Labute approximate surface area is 156 Å². The zero-order valence-electron chi connectivity index (χ0n) is 14.9. The van der Waals surface area contributed by atoms with E-state index < -0.39 is 11.4 Å². The highest BCUT2D eigenvalue weighted by Crippen LogP contribution is 2.34. The maximum Gasteiger partial charge on any atom is 0.313 e. The first-order valence-corrected chi connectivity index (χ1v) is 9.33. The fourth-order valence-electron chi connectivity index (χ4n) is 3.44. The van der Waals surface area contributed by atoms with Crippen LogP contribution in [-0.4, -0.2) is 53.7 Å². The van der Waals surface area contributed by atoms with Gasteiger partial charge in [-0.2, -0.15) is 0 Å². The lowest BCUT2D eigenvalue weighted by Gasteiger charge is -2.39. The fraction of sp³-hybridized carbons (Fsp3) is 0.421. The van der Waals surface area contributed by atoms with Gasteiger partial charge in [-0.05, 0) is 19.8 Å². The lowest BCUT2D eigenvalue weighted by Crippen LogP contribution is -2.52. The molecule has 0 spiro atoms. The summed E-state index contributed by atoms with van der Waals surface area (Å²) >= 11 is 1.35. The number of benzene rings is 1. The summed E-state index contributed by atoms with van der Waals surface area (Å²) in [6, 6.07) is 9.59. The van der Waals surface area contributed by atoms with Crippen molar-refractivity contribution in [3.8, 4) is 11.3 Å². The first-order valence-electron chi connectivity index (χ1n) is 8.51. The summed E-state index contributed by atoms with van der Waals surface area (Å²) in [5, 5.41) is 10.5. The number of piperidine rings is 1. The number of likely N-dealkylation sites (tertiary alicyclic amines) is 1. The minimum atomic E-state index is -1.05. The highest BCUT2D eigenvalue weighted by Gasteiger charge is 2.44. The Balaban J connectivity index is 1.91. The van der Waals surface area contributed by atoms with Gasteiger partial charge in [0, 0.05) is 25.8 Å². The number of amides is 1. The number of carbonyl (C=O) groups is 2.